The van der Waals surface area contributed by atoms with Crippen molar-refractivity contribution in [1.29, 1.82) is 0 Å². The van der Waals surface area contributed by atoms with Crippen molar-refractivity contribution in [1.82, 2.24) is 15.0 Å². The normalized spacial score (nSPS) is 17.8. The van der Waals surface area contributed by atoms with Crippen LogP contribution in [0, 0.1) is 18.6 Å². The molecule has 0 saturated heterocycles. The van der Waals surface area contributed by atoms with Crippen molar-refractivity contribution in [2.45, 2.75) is 25.8 Å². The zero-order valence-electron chi connectivity index (χ0n) is 16.3. The smallest absolute Gasteiger partial charge is 0.275 e. The molecule has 9 heteroatoms. The number of carbonyl (C=O) groups excluding carboxylic acids is 1. The molecule has 1 amide bonds. The van der Waals surface area contributed by atoms with Gasteiger partial charge in [0.15, 0.2) is 0 Å². The number of hydrogen-bond donors (Lipinski definition) is 2. The van der Waals surface area contributed by atoms with E-state index in [1.165, 1.54) is 36.8 Å². The summed E-state index contributed by atoms with van der Waals surface area (Å²) in [4.78, 5) is 28.7. The van der Waals surface area contributed by atoms with Gasteiger partial charge in [0, 0.05) is 41.2 Å². The molecule has 3 N–H and O–H groups in total. The Hall–Kier alpha value is -3.75. The molecule has 1 aliphatic rings. The summed E-state index contributed by atoms with van der Waals surface area (Å²) in [5.74, 6) is -1.48. The van der Waals surface area contributed by atoms with E-state index >= 15 is 0 Å². The molecule has 3 heterocycles. The number of anilines is 1. The number of amidine groups is 1. The average Bonchev–Trinajstić information content (AvgIpc) is 2.71. The summed E-state index contributed by atoms with van der Waals surface area (Å²) in [5.41, 5.74) is 6.91. The van der Waals surface area contributed by atoms with Crippen LogP contribution >= 0.6 is 0 Å². The molecule has 1 aromatic carbocycles. The highest BCUT2D eigenvalue weighted by atomic mass is 19.1. The van der Waals surface area contributed by atoms with E-state index in [-0.39, 0.29) is 23.5 Å². The first-order valence-electron chi connectivity index (χ1n) is 9.15. The predicted octanol–water partition coefficient (Wildman–Crippen LogP) is 2.89. The molecule has 0 saturated carbocycles. The van der Waals surface area contributed by atoms with Crippen molar-refractivity contribution < 1.29 is 13.6 Å². The average molecular weight is 408 g/mol. The van der Waals surface area contributed by atoms with Crippen LogP contribution in [-0.2, 0) is 12.0 Å². The van der Waals surface area contributed by atoms with Crippen LogP contribution < -0.4 is 11.1 Å². The molecule has 0 bridgehead atoms. The Morgan fingerprint density at radius 3 is 2.67 bits per heavy atom. The second-order valence-electron chi connectivity index (χ2n) is 7.29. The van der Waals surface area contributed by atoms with Gasteiger partial charge in [-0.25, -0.2) is 13.8 Å². The van der Waals surface area contributed by atoms with E-state index in [9.17, 15) is 13.6 Å². The van der Waals surface area contributed by atoms with Crippen molar-refractivity contribution in [3.05, 3.63) is 82.7 Å². The zero-order valence-corrected chi connectivity index (χ0v) is 16.3. The lowest BCUT2D eigenvalue weighted by atomic mass is 9.82. The van der Waals surface area contributed by atoms with Gasteiger partial charge in [-0.3, -0.25) is 19.8 Å². The first kappa shape index (κ1) is 19.6. The zero-order chi connectivity index (χ0) is 21.5. The number of nitrogens with two attached hydrogens (primary N) is 1. The third kappa shape index (κ3) is 3.49. The highest BCUT2D eigenvalue weighted by Crippen LogP contribution is 2.37. The van der Waals surface area contributed by atoms with E-state index in [2.05, 4.69) is 25.3 Å². The fourth-order valence-electron chi connectivity index (χ4n) is 3.45. The van der Waals surface area contributed by atoms with Gasteiger partial charge < -0.3 is 11.1 Å². The maximum atomic E-state index is 14.8. The van der Waals surface area contributed by atoms with E-state index < -0.39 is 23.1 Å². The topological polar surface area (TPSA) is 106 Å². The lowest BCUT2D eigenvalue weighted by Gasteiger charge is -2.32. The largest absolute Gasteiger partial charge is 0.383 e. The van der Waals surface area contributed by atoms with Gasteiger partial charge in [-0.15, -0.1) is 0 Å². The molecular formula is C21H18F2N6O. The second-order valence-corrected chi connectivity index (χ2v) is 7.29. The molecule has 152 valence electrons. The van der Waals surface area contributed by atoms with E-state index in [1.807, 2.05) is 0 Å². The van der Waals surface area contributed by atoms with E-state index in [0.717, 1.165) is 6.20 Å². The predicted molar refractivity (Wildman–Crippen MR) is 107 cm³/mol. The Labute approximate surface area is 171 Å². The number of carbonyl (C=O) groups is 1. The van der Waals surface area contributed by atoms with Gasteiger partial charge in [0.1, 0.15) is 23.2 Å². The molecule has 1 atom stereocenters. The van der Waals surface area contributed by atoms with Gasteiger partial charge in [0.05, 0.1) is 23.6 Å². The fraction of sp³-hybridized carbons (Fsp3) is 0.190. The molecule has 0 aliphatic carbocycles. The van der Waals surface area contributed by atoms with Crippen LogP contribution in [0.4, 0.5) is 14.5 Å². The number of aliphatic imine (C=N–C) groups is 1. The first-order chi connectivity index (χ1) is 14.3. The summed E-state index contributed by atoms with van der Waals surface area (Å²) in [6, 6.07) is 4.12. The molecule has 0 spiro atoms. The van der Waals surface area contributed by atoms with Crippen molar-refractivity contribution in [3.8, 4) is 0 Å². The van der Waals surface area contributed by atoms with E-state index in [0.29, 0.717) is 22.5 Å². The van der Waals surface area contributed by atoms with Crippen LogP contribution in [0.5, 0.6) is 0 Å². The summed E-state index contributed by atoms with van der Waals surface area (Å²) in [6.45, 7) is 3.42. The molecule has 7 nitrogen and oxygen atoms in total. The van der Waals surface area contributed by atoms with Crippen molar-refractivity contribution in [2.24, 2.45) is 10.7 Å². The summed E-state index contributed by atoms with van der Waals surface area (Å²) in [6.07, 6.45) is 5.46. The molecule has 2 aromatic heterocycles. The van der Waals surface area contributed by atoms with Gasteiger partial charge in [0.2, 0.25) is 0 Å². The summed E-state index contributed by atoms with van der Waals surface area (Å²) < 4.78 is 29.1. The van der Waals surface area contributed by atoms with Gasteiger partial charge in [0.25, 0.3) is 5.91 Å². The number of fused-ring (bicyclic) bond motifs is 1. The Balaban J connectivity index is 1.68. The summed E-state index contributed by atoms with van der Waals surface area (Å²) in [5, 5.41) is 2.67. The van der Waals surface area contributed by atoms with Crippen molar-refractivity contribution >= 4 is 17.4 Å². The maximum Gasteiger partial charge on any atom is 0.275 e. The number of nitrogens with one attached hydrogen (secondary N) is 1. The minimum Gasteiger partial charge on any atom is -0.383 e. The first-order valence-corrected chi connectivity index (χ1v) is 9.15. The monoisotopic (exact) mass is 408 g/mol. The van der Waals surface area contributed by atoms with Gasteiger partial charge in [-0.2, -0.15) is 0 Å². The Kier molecular flexibility index (Phi) is 4.73. The Morgan fingerprint density at radius 2 is 1.93 bits per heavy atom. The maximum absolute atomic E-state index is 14.8. The molecular weight excluding hydrogens is 390 g/mol. The number of amides is 1. The minimum atomic E-state index is -1.16. The van der Waals surface area contributed by atoms with E-state index in [1.54, 1.807) is 13.8 Å². The molecule has 3 aromatic rings. The van der Waals surface area contributed by atoms with Crippen molar-refractivity contribution in [3.63, 3.8) is 0 Å². The highest BCUT2D eigenvalue weighted by molar-refractivity contribution is 6.03. The second kappa shape index (κ2) is 7.25. The SMILES string of the molecule is Cc1cnc(C(=O)Nc2ccc(F)c(C3(C)Cc4c(F)cncc4C(N)=N3)c2)cn1. The number of aryl methyl sites for hydroxylation is 1. The third-order valence-corrected chi connectivity index (χ3v) is 4.99. The van der Waals surface area contributed by atoms with Crippen LogP contribution in [0.1, 0.15) is 39.8 Å². The molecule has 4 rings (SSSR count). The summed E-state index contributed by atoms with van der Waals surface area (Å²) >= 11 is 0. The number of rotatable bonds is 3. The molecule has 0 fully saturated rings. The standard InChI is InChI=1S/C21H18F2N6O/c1-11-7-27-18(10-26-11)20(30)28-12-3-4-16(22)15(5-12)21(2)6-13-14(19(24)29-21)8-25-9-17(13)23/h3-5,7-10H,6H2,1-2H3,(H2,24,29)(H,28,30). The number of benzene rings is 1. The number of pyridine rings is 1. The minimum absolute atomic E-state index is 0.0783. The lowest BCUT2D eigenvalue weighted by molar-refractivity contribution is 0.102. The number of aromatic nitrogens is 3. The molecule has 1 unspecified atom stereocenters. The molecule has 30 heavy (non-hydrogen) atoms. The Morgan fingerprint density at radius 1 is 1.13 bits per heavy atom. The molecule has 0 radical (unpaired) electrons. The number of halogens is 2. The van der Waals surface area contributed by atoms with Crippen LogP contribution in [0.25, 0.3) is 0 Å². The summed E-state index contributed by atoms with van der Waals surface area (Å²) in [7, 11) is 0. The molecule has 1 aliphatic heterocycles. The van der Waals surface area contributed by atoms with Crippen LogP contribution in [0.3, 0.4) is 0 Å². The fourth-order valence-corrected chi connectivity index (χ4v) is 3.45. The van der Waals surface area contributed by atoms with Gasteiger partial charge in [-0.05, 0) is 32.0 Å². The van der Waals surface area contributed by atoms with Gasteiger partial charge >= 0.3 is 0 Å². The van der Waals surface area contributed by atoms with E-state index in [4.69, 9.17) is 5.73 Å². The van der Waals surface area contributed by atoms with Gasteiger partial charge in [-0.1, -0.05) is 0 Å². The number of nitrogens with zero attached hydrogens (tertiary/aromatic N) is 4. The Bertz CT molecular complexity index is 1180. The number of hydrogen-bond acceptors (Lipinski definition) is 6. The highest BCUT2D eigenvalue weighted by Gasteiger charge is 2.36. The van der Waals surface area contributed by atoms with Crippen molar-refractivity contribution in [2.75, 3.05) is 5.32 Å². The van der Waals surface area contributed by atoms with Crippen LogP contribution in [0.15, 0.2) is 48.0 Å². The van der Waals surface area contributed by atoms with Crippen LogP contribution in [0.2, 0.25) is 0 Å². The third-order valence-electron chi connectivity index (χ3n) is 4.99. The van der Waals surface area contributed by atoms with Crippen LogP contribution in [-0.4, -0.2) is 26.7 Å². The lowest BCUT2D eigenvalue weighted by Crippen LogP contribution is -2.35. The quantitative estimate of drug-likeness (QED) is 0.693.